The second kappa shape index (κ2) is 6.58. The van der Waals surface area contributed by atoms with Crippen LogP contribution in [0.5, 0.6) is 5.88 Å². The van der Waals surface area contributed by atoms with Crippen LogP contribution in [0.2, 0.25) is 5.02 Å². The van der Waals surface area contributed by atoms with Crippen molar-refractivity contribution < 1.29 is 4.74 Å². The van der Waals surface area contributed by atoms with E-state index in [2.05, 4.69) is 20.1 Å². The monoisotopic (exact) mass is 324 g/mol. The van der Waals surface area contributed by atoms with Gasteiger partial charge in [0.15, 0.2) is 0 Å². The third kappa shape index (κ3) is 3.63. The third-order valence-electron chi connectivity index (χ3n) is 3.58. The molecule has 3 rings (SSSR count). The lowest BCUT2D eigenvalue weighted by atomic mass is 9.98. The lowest BCUT2D eigenvalue weighted by Crippen LogP contribution is -2.35. The van der Waals surface area contributed by atoms with E-state index in [1.807, 2.05) is 6.92 Å². The normalized spacial score (nSPS) is 16.2. The predicted molar refractivity (Wildman–Crippen MR) is 84.3 cm³/mol. The Kier molecular flexibility index (Phi) is 4.55. The predicted octanol–water partition coefficient (Wildman–Crippen LogP) is 3.19. The molecule has 0 radical (unpaired) electrons. The van der Waals surface area contributed by atoms with E-state index in [9.17, 15) is 0 Å². The number of halogens is 1. The molecule has 7 heteroatoms. The molecule has 1 aliphatic heterocycles. The number of pyridine rings is 1. The molecule has 0 unspecified atom stereocenters. The Morgan fingerprint density at radius 1 is 1.38 bits per heavy atom. The van der Waals surface area contributed by atoms with Crippen LogP contribution in [-0.2, 0) is 0 Å². The summed E-state index contributed by atoms with van der Waals surface area (Å²) in [5, 5.41) is 10.9. The Morgan fingerprint density at radius 3 is 2.86 bits per heavy atom. The number of hydrogen-bond acceptors (Lipinski definition) is 6. The van der Waals surface area contributed by atoms with Crippen molar-refractivity contribution in [3.05, 3.63) is 28.4 Å². The van der Waals surface area contributed by atoms with Crippen molar-refractivity contribution >= 4 is 28.1 Å². The SMILES string of the molecule is Cc1nnc(N2CCC(COc3ncccc3Cl)CC2)s1. The van der Waals surface area contributed by atoms with Crippen molar-refractivity contribution in [2.24, 2.45) is 5.92 Å². The molecule has 2 aromatic rings. The molecular weight excluding hydrogens is 308 g/mol. The molecule has 0 atom stereocenters. The Hall–Kier alpha value is -1.40. The highest BCUT2D eigenvalue weighted by Crippen LogP contribution is 2.27. The van der Waals surface area contributed by atoms with Gasteiger partial charge in [0.05, 0.1) is 6.61 Å². The van der Waals surface area contributed by atoms with Crippen molar-refractivity contribution in [1.29, 1.82) is 0 Å². The maximum atomic E-state index is 6.04. The Bertz CT molecular complexity index is 598. The first-order valence-corrected chi connectivity index (χ1v) is 8.20. The second-order valence-corrected chi connectivity index (χ2v) is 6.70. The van der Waals surface area contributed by atoms with Crippen LogP contribution in [-0.4, -0.2) is 34.9 Å². The van der Waals surface area contributed by atoms with E-state index >= 15 is 0 Å². The van der Waals surface area contributed by atoms with Gasteiger partial charge in [-0.1, -0.05) is 22.9 Å². The van der Waals surface area contributed by atoms with Gasteiger partial charge in [-0.05, 0) is 37.8 Å². The Morgan fingerprint density at radius 2 is 2.19 bits per heavy atom. The fraction of sp³-hybridized carbons (Fsp3) is 0.500. The molecule has 0 aromatic carbocycles. The van der Waals surface area contributed by atoms with Crippen molar-refractivity contribution in [3.63, 3.8) is 0 Å². The summed E-state index contributed by atoms with van der Waals surface area (Å²) in [6.45, 7) is 4.65. The molecule has 0 amide bonds. The molecule has 1 saturated heterocycles. The summed E-state index contributed by atoms with van der Waals surface area (Å²) in [7, 11) is 0. The van der Waals surface area contributed by atoms with Crippen LogP contribution in [0.25, 0.3) is 0 Å². The molecule has 0 aliphatic carbocycles. The van der Waals surface area contributed by atoms with E-state index in [1.54, 1.807) is 29.7 Å². The van der Waals surface area contributed by atoms with Gasteiger partial charge in [-0.3, -0.25) is 0 Å². The van der Waals surface area contributed by atoms with Gasteiger partial charge in [-0.25, -0.2) is 4.98 Å². The number of hydrogen-bond donors (Lipinski definition) is 0. The van der Waals surface area contributed by atoms with Crippen molar-refractivity contribution in [2.75, 3.05) is 24.6 Å². The molecule has 1 fully saturated rings. The summed E-state index contributed by atoms with van der Waals surface area (Å²) < 4.78 is 5.73. The van der Waals surface area contributed by atoms with Crippen LogP contribution in [0.15, 0.2) is 18.3 Å². The molecule has 1 aliphatic rings. The van der Waals surface area contributed by atoms with E-state index in [0.29, 0.717) is 23.4 Å². The first-order chi connectivity index (χ1) is 10.2. The molecule has 21 heavy (non-hydrogen) atoms. The standard InChI is InChI=1S/C14H17ClN4OS/c1-10-17-18-14(21-10)19-7-4-11(5-8-19)9-20-13-12(15)3-2-6-16-13/h2-3,6,11H,4-5,7-9H2,1H3. The molecule has 0 spiro atoms. The molecule has 0 N–H and O–H groups in total. The van der Waals surface area contributed by atoms with Crippen LogP contribution < -0.4 is 9.64 Å². The average Bonchev–Trinajstić information content (AvgIpc) is 2.94. The zero-order valence-corrected chi connectivity index (χ0v) is 13.4. The highest BCUT2D eigenvalue weighted by Gasteiger charge is 2.22. The fourth-order valence-corrected chi connectivity index (χ4v) is 3.29. The van der Waals surface area contributed by atoms with Crippen molar-refractivity contribution in [1.82, 2.24) is 15.2 Å². The molecule has 0 saturated carbocycles. The van der Waals surface area contributed by atoms with Crippen LogP contribution in [0.3, 0.4) is 0 Å². The van der Waals surface area contributed by atoms with Crippen LogP contribution in [0.1, 0.15) is 17.8 Å². The minimum absolute atomic E-state index is 0.529. The fourth-order valence-electron chi connectivity index (χ4n) is 2.38. The van der Waals surface area contributed by atoms with Gasteiger partial charge >= 0.3 is 0 Å². The minimum Gasteiger partial charge on any atom is -0.476 e. The number of nitrogens with zero attached hydrogens (tertiary/aromatic N) is 4. The van der Waals surface area contributed by atoms with E-state index in [1.165, 1.54) is 0 Å². The number of aryl methyl sites for hydroxylation is 1. The number of rotatable bonds is 4. The lowest BCUT2D eigenvalue weighted by Gasteiger charge is -2.31. The quantitative estimate of drug-likeness (QED) is 0.864. The highest BCUT2D eigenvalue weighted by molar-refractivity contribution is 7.15. The average molecular weight is 325 g/mol. The summed E-state index contributed by atoms with van der Waals surface area (Å²) >= 11 is 7.69. The van der Waals surface area contributed by atoms with E-state index in [4.69, 9.17) is 16.3 Å². The summed E-state index contributed by atoms with van der Waals surface area (Å²) in [5.74, 6) is 1.06. The van der Waals surface area contributed by atoms with Gasteiger partial charge in [0.1, 0.15) is 10.0 Å². The van der Waals surface area contributed by atoms with E-state index in [0.717, 1.165) is 36.1 Å². The number of ether oxygens (including phenoxy) is 1. The number of aromatic nitrogens is 3. The van der Waals surface area contributed by atoms with E-state index < -0.39 is 0 Å². The smallest absolute Gasteiger partial charge is 0.232 e. The first kappa shape index (κ1) is 14.5. The highest BCUT2D eigenvalue weighted by atomic mass is 35.5. The van der Waals surface area contributed by atoms with Gasteiger partial charge in [0, 0.05) is 19.3 Å². The molecule has 5 nitrogen and oxygen atoms in total. The summed E-state index contributed by atoms with van der Waals surface area (Å²) in [6.07, 6.45) is 3.87. The second-order valence-electron chi connectivity index (χ2n) is 5.14. The summed E-state index contributed by atoms with van der Waals surface area (Å²) in [4.78, 5) is 6.45. The van der Waals surface area contributed by atoms with Crippen LogP contribution in [0.4, 0.5) is 5.13 Å². The van der Waals surface area contributed by atoms with E-state index in [-0.39, 0.29) is 0 Å². The van der Waals surface area contributed by atoms with Crippen molar-refractivity contribution in [3.8, 4) is 5.88 Å². The van der Waals surface area contributed by atoms with Gasteiger partial charge < -0.3 is 9.64 Å². The Balaban J connectivity index is 1.49. The molecule has 3 heterocycles. The van der Waals surface area contributed by atoms with Crippen LogP contribution >= 0.6 is 22.9 Å². The Labute approximate surface area is 132 Å². The maximum absolute atomic E-state index is 6.04. The zero-order chi connectivity index (χ0) is 14.7. The topological polar surface area (TPSA) is 51.1 Å². The lowest BCUT2D eigenvalue weighted by molar-refractivity contribution is 0.216. The molecule has 2 aromatic heterocycles. The van der Waals surface area contributed by atoms with Gasteiger partial charge in [-0.2, -0.15) is 0 Å². The minimum atomic E-state index is 0.529. The largest absolute Gasteiger partial charge is 0.476 e. The molecule has 112 valence electrons. The first-order valence-electron chi connectivity index (χ1n) is 7.01. The summed E-state index contributed by atoms with van der Waals surface area (Å²) in [5.41, 5.74) is 0. The number of anilines is 1. The van der Waals surface area contributed by atoms with Gasteiger partial charge in [0.25, 0.3) is 0 Å². The zero-order valence-electron chi connectivity index (χ0n) is 11.8. The summed E-state index contributed by atoms with van der Waals surface area (Å²) in [6, 6.07) is 3.60. The van der Waals surface area contributed by atoms with Gasteiger partial charge in [0.2, 0.25) is 11.0 Å². The maximum Gasteiger partial charge on any atom is 0.232 e. The van der Waals surface area contributed by atoms with Crippen LogP contribution in [0, 0.1) is 12.8 Å². The molecule has 0 bridgehead atoms. The number of piperidine rings is 1. The third-order valence-corrected chi connectivity index (χ3v) is 4.77. The van der Waals surface area contributed by atoms with Gasteiger partial charge in [-0.15, -0.1) is 10.2 Å². The van der Waals surface area contributed by atoms with Crippen molar-refractivity contribution in [2.45, 2.75) is 19.8 Å². The molecular formula is C14H17ClN4OS.